The molecule has 0 spiro atoms. The largest absolute Gasteiger partial charge is 0.483 e. The van der Waals surface area contributed by atoms with Crippen LogP contribution in [0.3, 0.4) is 0 Å². The van der Waals surface area contributed by atoms with Gasteiger partial charge < -0.3 is 4.74 Å². The minimum Gasteiger partial charge on any atom is -0.483 e. The van der Waals surface area contributed by atoms with E-state index in [0.29, 0.717) is 5.75 Å². The summed E-state index contributed by atoms with van der Waals surface area (Å²) in [7, 11) is 0. The maximum absolute atomic E-state index is 11.5. The van der Waals surface area contributed by atoms with E-state index in [0.717, 1.165) is 5.56 Å². The molecule has 1 N–H and O–H groups in total. The van der Waals surface area contributed by atoms with Crippen molar-refractivity contribution in [2.24, 2.45) is 0 Å². The fourth-order valence-corrected chi connectivity index (χ4v) is 1.30. The molecule has 1 heterocycles. The van der Waals surface area contributed by atoms with Crippen LogP contribution in [-0.4, -0.2) is 27.4 Å². The molecule has 0 bridgehead atoms. The van der Waals surface area contributed by atoms with Crippen LogP contribution < -0.4 is 10.2 Å². The van der Waals surface area contributed by atoms with E-state index in [4.69, 9.17) is 4.74 Å². The number of benzene rings is 1. The summed E-state index contributed by atoms with van der Waals surface area (Å²) in [5.41, 5.74) is 3.53. The van der Waals surface area contributed by atoms with Gasteiger partial charge in [-0.1, -0.05) is 18.2 Å². The molecule has 1 amide bonds. The van der Waals surface area contributed by atoms with Crippen LogP contribution in [0.25, 0.3) is 0 Å². The molecule has 0 aliphatic rings. The van der Waals surface area contributed by atoms with E-state index in [1.165, 1.54) is 17.3 Å². The van der Waals surface area contributed by atoms with Crippen LogP contribution in [0.2, 0.25) is 0 Å². The molecule has 6 nitrogen and oxygen atoms in total. The topological polar surface area (TPSA) is 69.0 Å². The molecule has 0 aliphatic carbocycles. The molecular weight excluding hydrogens is 220 g/mol. The molecule has 0 aliphatic heterocycles. The number of carbonyl (C=O) groups excluding carboxylic acids is 1. The van der Waals surface area contributed by atoms with Gasteiger partial charge in [0.25, 0.3) is 5.91 Å². The Hall–Kier alpha value is -2.37. The Morgan fingerprint density at radius 1 is 1.35 bits per heavy atom. The number of aromatic nitrogens is 3. The Balaban J connectivity index is 1.86. The van der Waals surface area contributed by atoms with Crippen molar-refractivity contribution in [1.29, 1.82) is 0 Å². The number of amides is 1. The second-order valence-corrected chi connectivity index (χ2v) is 3.46. The highest BCUT2D eigenvalue weighted by Gasteiger charge is 2.04. The summed E-state index contributed by atoms with van der Waals surface area (Å²) in [6.45, 7) is 1.87. The molecule has 0 saturated heterocycles. The molecule has 17 heavy (non-hydrogen) atoms. The van der Waals surface area contributed by atoms with E-state index in [9.17, 15) is 4.79 Å². The highest BCUT2D eigenvalue weighted by molar-refractivity contribution is 5.85. The van der Waals surface area contributed by atoms with Crippen molar-refractivity contribution in [3.63, 3.8) is 0 Å². The number of aryl methyl sites for hydroxylation is 1. The first-order chi connectivity index (χ1) is 8.25. The number of carbonyl (C=O) groups is 1. The molecule has 1 aromatic carbocycles. The van der Waals surface area contributed by atoms with E-state index in [1.807, 2.05) is 31.2 Å². The molecule has 0 saturated carbocycles. The zero-order chi connectivity index (χ0) is 12.1. The van der Waals surface area contributed by atoms with Gasteiger partial charge in [0.05, 0.1) is 0 Å². The van der Waals surface area contributed by atoms with Crippen molar-refractivity contribution < 1.29 is 9.53 Å². The third kappa shape index (κ3) is 3.04. The van der Waals surface area contributed by atoms with Crippen LogP contribution in [0.5, 0.6) is 5.75 Å². The van der Waals surface area contributed by atoms with Crippen molar-refractivity contribution >= 4 is 5.91 Å². The van der Waals surface area contributed by atoms with E-state index in [-0.39, 0.29) is 12.5 Å². The summed E-state index contributed by atoms with van der Waals surface area (Å²) in [6.07, 6.45) is 2.79. The van der Waals surface area contributed by atoms with E-state index < -0.39 is 0 Å². The zero-order valence-corrected chi connectivity index (χ0v) is 9.33. The number of para-hydroxylation sites is 1. The average Bonchev–Trinajstić information content (AvgIpc) is 2.81. The van der Waals surface area contributed by atoms with Gasteiger partial charge in [0, 0.05) is 0 Å². The summed E-state index contributed by atoms with van der Waals surface area (Å²) < 4.78 is 6.75. The van der Waals surface area contributed by atoms with Crippen LogP contribution in [-0.2, 0) is 4.79 Å². The summed E-state index contributed by atoms with van der Waals surface area (Å²) in [5.74, 6) is 0.430. The Kier molecular flexibility index (Phi) is 3.34. The van der Waals surface area contributed by atoms with Gasteiger partial charge >= 0.3 is 0 Å². The average molecular weight is 232 g/mol. The highest BCUT2D eigenvalue weighted by atomic mass is 16.5. The van der Waals surface area contributed by atoms with Crippen molar-refractivity contribution in [3.05, 3.63) is 42.5 Å². The van der Waals surface area contributed by atoms with Gasteiger partial charge in [-0.3, -0.25) is 10.2 Å². The van der Waals surface area contributed by atoms with Crippen molar-refractivity contribution in [1.82, 2.24) is 14.9 Å². The Morgan fingerprint density at radius 3 is 2.76 bits per heavy atom. The maximum Gasteiger partial charge on any atom is 0.276 e. The lowest BCUT2D eigenvalue weighted by molar-refractivity contribution is -0.119. The number of nitrogens with one attached hydrogen (secondary N) is 1. The number of nitrogens with zero attached hydrogens (tertiary/aromatic N) is 3. The summed E-state index contributed by atoms with van der Waals surface area (Å²) in [4.78, 5) is 11.5. The van der Waals surface area contributed by atoms with Gasteiger partial charge in [-0.15, -0.1) is 10.2 Å². The molecule has 2 rings (SSSR count). The molecule has 0 atom stereocenters. The second kappa shape index (κ2) is 5.11. The number of hydrogen-bond donors (Lipinski definition) is 1. The molecule has 6 heteroatoms. The molecular formula is C11H12N4O2. The van der Waals surface area contributed by atoms with Crippen LogP contribution in [0.15, 0.2) is 36.9 Å². The third-order valence-electron chi connectivity index (χ3n) is 2.12. The first kappa shape index (κ1) is 11.1. The van der Waals surface area contributed by atoms with Crippen LogP contribution in [0, 0.1) is 6.92 Å². The third-order valence-corrected chi connectivity index (χ3v) is 2.12. The maximum atomic E-state index is 11.5. The molecule has 0 fully saturated rings. The molecule has 0 unspecified atom stereocenters. The second-order valence-electron chi connectivity index (χ2n) is 3.46. The Labute approximate surface area is 98.2 Å². The predicted molar refractivity (Wildman–Crippen MR) is 61.1 cm³/mol. The van der Waals surface area contributed by atoms with Crippen LogP contribution in [0.4, 0.5) is 0 Å². The summed E-state index contributed by atoms with van der Waals surface area (Å²) >= 11 is 0. The van der Waals surface area contributed by atoms with Gasteiger partial charge in [0.2, 0.25) is 0 Å². The smallest absolute Gasteiger partial charge is 0.276 e. The lowest BCUT2D eigenvalue weighted by Gasteiger charge is -2.08. The highest BCUT2D eigenvalue weighted by Crippen LogP contribution is 2.15. The first-order valence-electron chi connectivity index (χ1n) is 5.08. The minimum absolute atomic E-state index is 0.0525. The van der Waals surface area contributed by atoms with Crippen molar-refractivity contribution in [2.75, 3.05) is 12.0 Å². The first-order valence-corrected chi connectivity index (χ1v) is 5.08. The van der Waals surface area contributed by atoms with Gasteiger partial charge in [0.15, 0.2) is 6.61 Å². The fourth-order valence-electron chi connectivity index (χ4n) is 1.30. The van der Waals surface area contributed by atoms with Gasteiger partial charge in [-0.05, 0) is 18.6 Å². The minimum atomic E-state index is -0.270. The Morgan fingerprint density at radius 2 is 2.06 bits per heavy atom. The number of hydrogen-bond acceptors (Lipinski definition) is 4. The van der Waals surface area contributed by atoms with E-state index >= 15 is 0 Å². The monoisotopic (exact) mass is 232 g/mol. The number of ether oxygens (including phenoxy) is 1. The van der Waals surface area contributed by atoms with Gasteiger partial charge in [0.1, 0.15) is 18.4 Å². The predicted octanol–water partition coefficient (Wildman–Crippen LogP) is 0.736. The van der Waals surface area contributed by atoms with Crippen molar-refractivity contribution in [3.8, 4) is 5.75 Å². The van der Waals surface area contributed by atoms with Crippen LogP contribution >= 0.6 is 0 Å². The molecule has 0 radical (unpaired) electrons. The molecule has 88 valence electrons. The van der Waals surface area contributed by atoms with Gasteiger partial charge in [-0.2, -0.15) is 0 Å². The SMILES string of the molecule is Cc1ccccc1OCC(=O)Nn1cnnc1. The van der Waals surface area contributed by atoms with Crippen molar-refractivity contribution in [2.45, 2.75) is 6.92 Å². The Bertz CT molecular complexity index is 496. The normalized spacial score (nSPS) is 9.94. The zero-order valence-electron chi connectivity index (χ0n) is 9.33. The van der Waals surface area contributed by atoms with Gasteiger partial charge in [-0.25, -0.2) is 4.68 Å². The van der Waals surface area contributed by atoms with E-state index in [2.05, 4.69) is 15.6 Å². The lowest BCUT2D eigenvalue weighted by Crippen LogP contribution is -2.27. The standard InChI is InChI=1S/C11H12N4O2/c1-9-4-2-3-5-10(9)17-6-11(16)14-15-7-12-13-8-15/h2-5,7-8H,6H2,1H3,(H,14,16). The summed E-state index contributed by atoms with van der Waals surface area (Å²) in [6, 6.07) is 7.52. The quantitative estimate of drug-likeness (QED) is 0.844. The number of rotatable bonds is 4. The fraction of sp³-hybridized carbons (Fsp3) is 0.182. The molecule has 1 aromatic heterocycles. The van der Waals surface area contributed by atoms with E-state index in [1.54, 1.807) is 0 Å². The summed E-state index contributed by atoms with van der Waals surface area (Å²) in [5, 5.41) is 7.13. The lowest BCUT2D eigenvalue weighted by atomic mass is 10.2. The van der Waals surface area contributed by atoms with Crippen LogP contribution in [0.1, 0.15) is 5.56 Å². The molecule has 2 aromatic rings.